The van der Waals surface area contributed by atoms with Gasteiger partial charge in [0.05, 0.1) is 0 Å². The summed E-state index contributed by atoms with van der Waals surface area (Å²) < 4.78 is 0. The summed E-state index contributed by atoms with van der Waals surface area (Å²) >= 11 is 5.80. The van der Waals surface area contributed by atoms with Crippen molar-refractivity contribution in [2.45, 2.75) is 206 Å². The average molecular weight is 542 g/mol. The molecular weight excluding hydrogens is 471 g/mol. The lowest BCUT2D eigenvalue weighted by molar-refractivity contribution is 0.534. The van der Waals surface area contributed by atoms with Crippen molar-refractivity contribution >= 4 is 18.5 Å². The smallest absolute Gasteiger partial charge is 0.0654 e. The van der Waals surface area contributed by atoms with Crippen molar-refractivity contribution in [3.8, 4) is 0 Å². The van der Waals surface area contributed by atoms with Gasteiger partial charge in [0.1, 0.15) is 12.3 Å². The molecule has 0 aromatic rings. The monoisotopic (exact) mass is 541 g/mol. The van der Waals surface area contributed by atoms with Gasteiger partial charge >= 0.3 is 0 Å². The Morgan fingerprint density at radius 1 is 0.278 bits per heavy atom. The van der Waals surface area contributed by atoms with Gasteiger partial charge in [0.2, 0.25) is 0 Å². The number of hydrogen-bond donors (Lipinski definition) is 0. The lowest BCUT2D eigenvalue weighted by Crippen LogP contribution is -1.88. The van der Waals surface area contributed by atoms with Gasteiger partial charge in [-0.3, -0.25) is 0 Å². The van der Waals surface area contributed by atoms with Crippen LogP contribution in [0.25, 0.3) is 0 Å². The maximum atomic E-state index is 5.80. The molecule has 216 valence electrons. The fourth-order valence-corrected chi connectivity index (χ4v) is 7.58. The minimum atomic E-state index is -0.0805. The van der Waals surface area contributed by atoms with E-state index < -0.39 is 0 Å². The molecule has 36 heavy (non-hydrogen) atoms. The molecule has 0 N–H and O–H groups in total. The van der Waals surface area contributed by atoms with Gasteiger partial charge < -0.3 is 0 Å². The summed E-state index contributed by atoms with van der Waals surface area (Å²) in [6.07, 6.45) is 46.4. The Kier molecular flexibility index (Phi) is 34.0. The van der Waals surface area contributed by atoms with Crippen molar-refractivity contribution in [1.82, 2.24) is 0 Å². The number of unbranched alkanes of at least 4 members (excludes halogenated alkanes) is 28. The molecule has 0 amide bonds. The Balaban J connectivity index is 3.14. The van der Waals surface area contributed by atoms with E-state index in [1.165, 1.54) is 205 Å². The van der Waals surface area contributed by atoms with Gasteiger partial charge in [-0.25, -0.2) is 0 Å². The van der Waals surface area contributed by atoms with Crippen molar-refractivity contribution in [3.63, 3.8) is 0 Å². The third kappa shape index (κ3) is 32.5. The minimum Gasteiger partial charge on any atom is -0.0654 e. The molecule has 2 heteroatoms. The molecule has 0 nitrogen and oxygen atoms in total. The Hall–Kier alpha value is 0.520. The SMILES string of the molecule is CCCCCCCCCCCCCCCCC[P+](=S)CCCCCCCCCCCCCCCCC. The summed E-state index contributed by atoms with van der Waals surface area (Å²) in [5, 5.41) is 0. The summed E-state index contributed by atoms with van der Waals surface area (Å²) in [7, 11) is 0. The third-order valence-corrected chi connectivity index (χ3v) is 10.7. The maximum absolute atomic E-state index is 5.80. The van der Waals surface area contributed by atoms with Crippen LogP contribution in [0.4, 0.5) is 0 Å². The summed E-state index contributed by atoms with van der Waals surface area (Å²) in [6, 6.07) is 0. The van der Waals surface area contributed by atoms with Gasteiger partial charge in [-0.2, -0.15) is 0 Å². The zero-order valence-corrected chi connectivity index (χ0v) is 27.2. The molecule has 0 rings (SSSR count). The number of rotatable bonds is 32. The zero-order chi connectivity index (χ0) is 26.2. The van der Waals surface area contributed by atoms with Crippen LogP contribution in [-0.2, 0) is 11.8 Å². The van der Waals surface area contributed by atoms with Gasteiger partial charge in [-0.05, 0) is 25.7 Å². The molecule has 0 radical (unpaired) electrons. The lowest BCUT2D eigenvalue weighted by atomic mass is 10.0. The second kappa shape index (κ2) is 33.5. The first-order chi connectivity index (χ1) is 17.8. The molecule has 0 fully saturated rings. The molecule has 0 aliphatic heterocycles. The molecule has 0 aromatic heterocycles. The van der Waals surface area contributed by atoms with Crippen LogP contribution in [0, 0.1) is 0 Å². The van der Waals surface area contributed by atoms with Gasteiger partial charge in [-0.15, -0.1) is 0 Å². The molecule has 0 unspecified atom stereocenters. The normalized spacial score (nSPS) is 11.4. The minimum absolute atomic E-state index is 0.0805. The van der Waals surface area contributed by atoms with Crippen LogP contribution in [0.1, 0.15) is 206 Å². The maximum Gasteiger partial charge on any atom is 0.175 e. The average Bonchev–Trinajstić information content (AvgIpc) is 2.88. The van der Waals surface area contributed by atoms with E-state index in [9.17, 15) is 0 Å². The summed E-state index contributed by atoms with van der Waals surface area (Å²) in [6.45, 7) is 4.53. The van der Waals surface area contributed by atoms with Gasteiger partial charge in [0.15, 0.2) is 18.5 Å². The standard InChI is InChI=1S/C34H70PS/c1-3-5-7-9-11-13-15-17-19-21-23-25-27-29-31-33-35(36)34-32-30-28-26-24-22-20-18-16-14-12-10-8-6-4-2/h3-34H2,1-2H3/q+1. The molecule has 0 aliphatic rings. The Labute approximate surface area is 236 Å². The second-order valence-electron chi connectivity index (χ2n) is 11.8. The van der Waals surface area contributed by atoms with Crippen molar-refractivity contribution in [3.05, 3.63) is 0 Å². The van der Waals surface area contributed by atoms with Crippen LogP contribution in [0.5, 0.6) is 0 Å². The van der Waals surface area contributed by atoms with E-state index in [-0.39, 0.29) is 6.70 Å². The van der Waals surface area contributed by atoms with E-state index >= 15 is 0 Å². The second-order valence-corrected chi connectivity index (χ2v) is 15.2. The Bertz CT molecular complexity index is 372. The van der Waals surface area contributed by atoms with Crippen LogP contribution < -0.4 is 0 Å². The topological polar surface area (TPSA) is 0 Å². The first kappa shape index (κ1) is 36.5. The predicted molar refractivity (Wildman–Crippen MR) is 174 cm³/mol. The van der Waals surface area contributed by atoms with Crippen LogP contribution in [0.2, 0.25) is 0 Å². The van der Waals surface area contributed by atoms with Crippen molar-refractivity contribution in [2.24, 2.45) is 0 Å². The van der Waals surface area contributed by atoms with Crippen molar-refractivity contribution < 1.29 is 0 Å². The van der Waals surface area contributed by atoms with E-state index in [4.69, 9.17) is 11.8 Å². The van der Waals surface area contributed by atoms with Crippen LogP contribution >= 0.6 is 6.70 Å². The molecule has 0 aliphatic carbocycles. The molecule has 0 atom stereocenters. The predicted octanol–water partition coefficient (Wildman–Crippen LogP) is 13.7. The fraction of sp³-hybridized carbons (Fsp3) is 1.00. The van der Waals surface area contributed by atoms with Crippen LogP contribution in [0.3, 0.4) is 0 Å². The lowest BCUT2D eigenvalue weighted by Gasteiger charge is -2.03. The van der Waals surface area contributed by atoms with Gasteiger partial charge in [0.25, 0.3) is 0 Å². The highest BCUT2D eigenvalue weighted by atomic mass is 32.4. The Morgan fingerprint density at radius 2 is 0.444 bits per heavy atom. The number of hydrogen-bond acceptors (Lipinski definition) is 1. The molecule has 0 saturated carbocycles. The summed E-state index contributed by atoms with van der Waals surface area (Å²) in [4.78, 5) is 0. The fourth-order valence-electron chi connectivity index (χ4n) is 5.43. The molecule has 0 heterocycles. The van der Waals surface area contributed by atoms with E-state index in [1.54, 1.807) is 0 Å². The van der Waals surface area contributed by atoms with Crippen LogP contribution in [0.15, 0.2) is 0 Å². The van der Waals surface area contributed by atoms with Crippen molar-refractivity contribution in [1.29, 1.82) is 0 Å². The molecule has 0 spiro atoms. The van der Waals surface area contributed by atoms with E-state index in [1.807, 2.05) is 0 Å². The van der Waals surface area contributed by atoms with Crippen LogP contribution in [-0.4, -0.2) is 12.3 Å². The highest BCUT2D eigenvalue weighted by Gasteiger charge is 2.08. The molecular formula is C34H70PS+. The quantitative estimate of drug-likeness (QED) is 0.0602. The first-order valence-corrected chi connectivity index (χ1v) is 20.0. The van der Waals surface area contributed by atoms with Crippen molar-refractivity contribution in [2.75, 3.05) is 12.3 Å². The van der Waals surface area contributed by atoms with E-state index in [2.05, 4.69) is 13.8 Å². The summed E-state index contributed by atoms with van der Waals surface area (Å²) in [5.74, 6) is 0. The largest absolute Gasteiger partial charge is 0.175 e. The molecule has 0 bridgehead atoms. The molecule has 0 aromatic carbocycles. The zero-order valence-electron chi connectivity index (χ0n) is 25.5. The highest BCUT2D eigenvalue weighted by molar-refractivity contribution is 8.05. The Morgan fingerprint density at radius 3 is 0.639 bits per heavy atom. The highest BCUT2D eigenvalue weighted by Crippen LogP contribution is 2.26. The van der Waals surface area contributed by atoms with E-state index in [0.29, 0.717) is 0 Å². The third-order valence-electron chi connectivity index (χ3n) is 8.02. The molecule has 0 saturated heterocycles. The first-order valence-electron chi connectivity index (χ1n) is 17.2. The summed E-state index contributed by atoms with van der Waals surface area (Å²) in [5.41, 5.74) is 0. The van der Waals surface area contributed by atoms with Gasteiger partial charge in [0, 0.05) is 0 Å². The van der Waals surface area contributed by atoms with Gasteiger partial charge in [-0.1, -0.05) is 181 Å². The van der Waals surface area contributed by atoms with E-state index in [0.717, 1.165) is 0 Å².